The van der Waals surface area contributed by atoms with Crippen LogP contribution in [0.5, 0.6) is 0 Å². The lowest BCUT2D eigenvalue weighted by molar-refractivity contribution is 0.0510. The van der Waals surface area contributed by atoms with Gasteiger partial charge < -0.3 is 15.4 Å². The van der Waals surface area contributed by atoms with Gasteiger partial charge in [0.15, 0.2) is 0 Å². The maximum atomic E-state index is 10.0. The van der Waals surface area contributed by atoms with Crippen molar-refractivity contribution < 1.29 is 5.11 Å². The number of nitrogens with zero attached hydrogens (tertiary/aromatic N) is 2. The van der Waals surface area contributed by atoms with E-state index in [-0.39, 0.29) is 0 Å². The van der Waals surface area contributed by atoms with E-state index in [2.05, 4.69) is 16.5 Å². The lowest BCUT2D eigenvalue weighted by Gasteiger charge is -2.22. The molecule has 0 spiro atoms. The van der Waals surface area contributed by atoms with Crippen molar-refractivity contribution in [1.82, 2.24) is 9.55 Å². The molecule has 4 nitrogen and oxygen atoms in total. The van der Waals surface area contributed by atoms with E-state index in [0.29, 0.717) is 19.4 Å². The topological polar surface area (TPSA) is 64.1 Å². The van der Waals surface area contributed by atoms with Gasteiger partial charge in [0.2, 0.25) is 0 Å². The highest BCUT2D eigenvalue weighted by Crippen LogP contribution is 2.15. The van der Waals surface area contributed by atoms with Gasteiger partial charge in [-0.1, -0.05) is 6.92 Å². The first-order valence-electron chi connectivity index (χ1n) is 5.51. The van der Waals surface area contributed by atoms with Gasteiger partial charge in [-0.05, 0) is 26.3 Å². The molecule has 1 aromatic heterocycles. The number of aliphatic hydroxyl groups is 1. The summed E-state index contributed by atoms with van der Waals surface area (Å²) in [5, 5.41) is 10.0. The van der Waals surface area contributed by atoms with Crippen molar-refractivity contribution in [2.75, 3.05) is 6.54 Å². The molecule has 86 valence electrons. The van der Waals surface area contributed by atoms with Crippen LogP contribution in [0.3, 0.4) is 0 Å². The Balaban J connectivity index is 2.66. The molecule has 3 N–H and O–H groups in total. The Kier molecular flexibility index (Phi) is 4.29. The third-order valence-electron chi connectivity index (χ3n) is 2.49. The van der Waals surface area contributed by atoms with Gasteiger partial charge in [0, 0.05) is 25.4 Å². The van der Waals surface area contributed by atoms with Crippen LogP contribution in [0.25, 0.3) is 0 Å². The van der Waals surface area contributed by atoms with Gasteiger partial charge >= 0.3 is 0 Å². The van der Waals surface area contributed by atoms with Gasteiger partial charge in [-0.15, -0.1) is 0 Å². The van der Waals surface area contributed by atoms with Gasteiger partial charge in [0.1, 0.15) is 5.82 Å². The number of imidazole rings is 1. The highest BCUT2D eigenvalue weighted by atomic mass is 16.3. The molecular formula is C11H21N3O. The monoisotopic (exact) mass is 211 g/mol. The minimum absolute atomic E-state index is 0.501. The van der Waals surface area contributed by atoms with E-state index in [1.165, 1.54) is 0 Å². The van der Waals surface area contributed by atoms with Gasteiger partial charge in [-0.2, -0.15) is 0 Å². The molecule has 1 unspecified atom stereocenters. The standard InChI is InChI=1S/C11H21N3O/c1-3-7-14-8-6-13-10(14)9-11(2,15)4-5-12/h6,8,15H,3-5,7,9,12H2,1-2H3. The van der Waals surface area contributed by atoms with Crippen LogP contribution in [0.2, 0.25) is 0 Å². The zero-order valence-corrected chi connectivity index (χ0v) is 9.61. The quantitative estimate of drug-likeness (QED) is 0.736. The van der Waals surface area contributed by atoms with Crippen molar-refractivity contribution in [2.24, 2.45) is 5.73 Å². The summed E-state index contributed by atoms with van der Waals surface area (Å²) in [6.07, 6.45) is 5.98. The van der Waals surface area contributed by atoms with Gasteiger partial charge in [-0.3, -0.25) is 0 Å². The minimum Gasteiger partial charge on any atom is -0.390 e. The van der Waals surface area contributed by atoms with Gasteiger partial charge in [0.25, 0.3) is 0 Å². The molecule has 1 atom stereocenters. The average Bonchev–Trinajstić information content (AvgIpc) is 2.52. The highest BCUT2D eigenvalue weighted by molar-refractivity contribution is 4.97. The first kappa shape index (κ1) is 12.2. The second kappa shape index (κ2) is 5.28. The molecule has 1 rings (SSSR count). The molecule has 0 saturated heterocycles. The fourth-order valence-corrected chi connectivity index (χ4v) is 1.69. The summed E-state index contributed by atoms with van der Waals surface area (Å²) in [7, 11) is 0. The van der Waals surface area contributed by atoms with Crippen LogP contribution in [-0.2, 0) is 13.0 Å². The number of nitrogens with two attached hydrogens (primary N) is 1. The second-order valence-corrected chi connectivity index (χ2v) is 4.25. The molecule has 15 heavy (non-hydrogen) atoms. The van der Waals surface area contributed by atoms with E-state index in [1.807, 2.05) is 13.1 Å². The highest BCUT2D eigenvalue weighted by Gasteiger charge is 2.22. The molecule has 0 amide bonds. The third-order valence-corrected chi connectivity index (χ3v) is 2.49. The van der Waals surface area contributed by atoms with Crippen molar-refractivity contribution in [3.8, 4) is 0 Å². The number of hydrogen-bond acceptors (Lipinski definition) is 3. The Labute approximate surface area is 91.1 Å². The molecule has 0 aliphatic rings. The average molecular weight is 211 g/mol. The van der Waals surface area contributed by atoms with Crippen LogP contribution < -0.4 is 5.73 Å². The molecule has 0 radical (unpaired) electrons. The number of hydrogen-bond donors (Lipinski definition) is 2. The molecule has 0 fully saturated rings. The molecule has 0 aromatic carbocycles. The number of rotatable bonds is 6. The molecule has 0 aliphatic carbocycles. The summed E-state index contributed by atoms with van der Waals surface area (Å²) in [5.41, 5.74) is 4.71. The summed E-state index contributed by atoms with van der Waals surface area (Å²) >= 11 is 0. The Bertz CT molecular complexity index is 294. The summed E-state index contributed by atoms with van der Waals surface area (Å²) in [6.45, 7) is 5.39. The Morgan fingerprint density at radius 1 is 1.60 bits per heavy atom. The number of aryl methyl sites for hydroxylation is 1. The SMILES string of the molecule is CCCn1ccnc1CC(C)(O)CCN. The Morgan fingerprint density at radius 3 is 2.93 bits per heavy atom. The van der Waals surface area contributed by atoms with Crippen molar-refractivity contribution in [3.63, 3.8) is 0 Å². The molecule has 4 heteroatoms. The first-order chi connectivity index (χ1) is 7.09. The molecule has 1 aromatic rings. The zero-order chi connectivity index (χ0) is 11.3. The maximum Gasteiger partial charge on any atom is 0.111 e. The van der Waals surface area contributed by atoms with E-state index >= 15 is 0 Å². The minimum atomic E-state index is -0.744. The largest absolute Gasteiger partial charge is 0.390 e. The molecule has 1 heterocycles. The maximum absolute atomic E-state index is 10.0. The van der Waals surface area contributed by atoms with Crippen molar-refractivity contribution in [2.45, 2.75) is 45.3 Å². The lowest BCUT2D eigenvalue weighted by atomic mass is 9.98. The fourth-order valence-electron chi connectivity index (χ4n) is 1.69. The summed E-state index contributed by atoms with van der Waals surface area (Å²) in [6, 6.07) is 0. The van der Waals surface area contributed by atoms with Crippen LogP contribution in [0, 0.1) is 0 Å². The van der Waals surface area contributed by atoms with E-state index in [9.17, 15) is 5.11 Å². The van der Waals surface area contributed by atoms with Crippen LogP contribution in [0.15, 0.2) is 12.4 Å². The summed E-state index contributed by atoms with van der Waals surface area (Å²) in [5.74, 6) is 0.940. The summed E-state index contributed by atoms with van der Waals surface area (Å²) in [4.78, 5) is 4.26. The lowest BCUT2D eigenvalue weighted by Crippen LogP contribution is -2.31. The predicted molar refractivity (Wildman–Crippen MR) is 60.5 cm³/mol. The summed E-state index contributed by atoms with van der Waals surface area (Å²) < 4.78 is 2.09. The van der Waals surface area contributed by atoms with Crippen LogP contribution in [-0.4, -0.2) is 26.8 Å². The predicted octanol–water partition coefficient (Wildman–Crippen LogP) is 0.935. The van der Waals surface area contributed by atoms with Crippen LogP contribution >= 0.6 is 0 Å². The second-order valence-electron chi connectivity index (χ2n) is 4.25. The number of aromatic nitrogens is 2. The fraction of sp³-hybridized carbons (Fsp3) is 0.727. The normalized spacial score (nSPS) is 15.2. The van der Waals surface area contributed by atoms with Crippen molar-refractivity contribution in [1.29, 1.82) is 0 Å². The van der Waals surface area contributed by atoms with Crippen molar-refractivity contribution >= 4 is 0 Å². The zero-order valence-electron chi connectivity index (χ0n) is 9.61. The first-order valence-corrected chi connectivity index (χ1v) is 5.51. The van der Waals surface area contributed by atoms with Crippen molar-refractivity contribution in [3.05, 3.63) is 18.2 Å². The molecular weight excluding hydrogens is 190 g/mol. The Hall–Kier alpha value is -0.870. The Morgan fingerprint density at radius 2 is 2.33 bits per heavy atom. The van der Waals surface area contributed by atoms with Crippen LogP contribution in [0.1, 0.15) is 32.5 Å². The van der Waals surface area contributed by atoms with Gasteiger partial charge in [-0.25, -0.2) is 4.98 Å². The molecule has 0 aliphatic heterocycles. The van der Waals surface area contributed by atoms with Crippen LogP contribution in [0.4, 0.5) is 0 Å². The van der Waals surface area contributed by atoms with E-state index in [4.69, 9.17) is 5.73 Å². The van der Waals surface area contributed by atoms with E-state index < -0.39 is 5.60 Å². The van der Waals surface area contributed by atoms with Gasteiger partial charge in [0.05, 0.1) is 5.60 Å². The van der Waals surface area contributed by atoms with E-state index in [1.54, 1.807) is 6.20 Å². The smallest absolute Gasteiger partial charge is 0.111 e. The molecule has 0 bridgehead atoms. The third kappa shape index (κ3) is 3.64. The molecule has 0 saturated carbocycles. The van der Waals surface area contributed by atoms with E-state index in [0.717, 1.165) is 18.8 Å².